The van der Waals surface area contributed by atoms with Crippen LogP contribution >= 0.6 is 15.9 Å². The molecule has 1 aliphatic heterocycles. The van der Waals surface area contributed by atoms with Gasteiger partial charge in [-0.25, -0.2) is 4.39 Å². The van der Waals surface area contributed by atoms with Crippen LogP contribution in [0, 0.1) is 5.82 Å². The summed E-state index contributed by atoms with van der Waals surface area (Å²) >= 11 is 3.38. The molecular formula is C13H18BrFN2O. The SMILES string of the molecule is OCC(c1ccc(F)cc1Br)N1CCCNCC1. The maximum atomic E-state index is 13.1. The molecule has 0 spiro atoms. The van der Waals surface area contributed by atoms with E-state index >= 15 is 0 Å². The molecule has 1 unspecified atom stereocenters. The second kappa shape index (κ2) is 6.61. The number of halogens is 2. The van der Waals surface area contributed by atoms with E-state index in [1.165, 1.54) is 12.1 Å². The van der Waals surface area contributed by atoms with Gasteiger partial charge in [-0.15, -0.1) is 0 Å². The summed E-state index contributed by atoms with van der Waals surface area (Å²) in [6.45, 7) is 3.83. The summed E-state index contributed by atoms with van der Waals surface area (Å²) in [4.78, 5) is 2.25. The molecule has 5 heteroatoms. The van der Waals surface area contributed by atoms with Crippen LogP contribution < -0.4 is 5.32 Å². The summed E-state index contributed by atoms with van der Waals surface area (Å²) in [7, 11) is 0. The molecule has 3 nitrogen and oxygen atoms in total. The van der Waals surface area contributed by atoms with Crippen molar-refractivity contribution in [2.75, 3.05) is 32.8 Å². The molecule has 2 N–H and O–H groups in total. The van der Waals surface area contributed by atoms with Crippen molar-refractivity contribution in [2.45, 2.75) is 12.5 Å². The van der Waals surface area contributed by atoms with Gasteiger partial charge in [0, 0.05) is 24.1 Å². The lowest BCUT2D eigenvalue weighted by molar-refractivity contribution is 0.129. The molecule has 1 heterocycles. The predicted molar refractivity (Wildman–Crippen MR) is 73.0 cm³/mol. The van der Waals surface area contributed by atoms with E-state index in [4.69, 9.17) is 0 Å². The van der Waals surface area contributed by atoms with E-state index in [1.54, 1.807) is 6.07 Å². The molecule has 100 valence electrons. The van der Waals surface area contributed by atoms with Crippen molar-refractivity contribution in [1.82, 2.24) is 10.2 Å². The Hall–Kier alpha value is -0.490. The fraction of sp³-hybridized carbons (Fsp3) is 0.538. The Balaban J connectivity index is 2.20. The number of hydrogen-bond donors (Lipinski definition) is 2. The highest BCUT2D eigenvalue weighted by atomic mass is 79.9. The third kappa shape index (κ3) is 3.29. The first kappa shape index (κ1) is 13.9. The minimum Gasteiger partial charge on any atom is -0.394 e. The topological polar surface area (TPSA) is 35.5 Å². The Morgan fingerprint density at radius 1 is 1.39 bits per heavy atom. The lowest BCUT2D eigenvalue weighted by Gasteiger charge is -2.30. The number of nitrogens with one attached hydrogen (secondary N) is 1. The Kier molecular flexibility index (Phi) is 5.12. The molecular weight excluding hydrogens is 299 g/mol. The lowest BCUT2D eigenvalue weighted by atomic mass is 10.1. The van der Waals surface area contributed by atoms with Crippen LogP contribution in [0.4, 0.5) is 4.39 Å². The van der Waals surface area contributed by atoms with Crippen molar-refractivity contribution in [1.29, 1.82) is 0 Å². The number of rotatable bonds is 3. The maximum Gasteiger partial charge on any atom is 0.124 e. The molecule has 0 amide bonds. The van der Waals surface area contributed by atoms with Crippen LogP contribution in [0.2, 0.25) is 0 Å². The summed E-state index contributed by atoms with van der Waals surface area (Å²) in [5.74, 6) is -0.264. The van der Waals surface area contributed by atoms with E-state index in [1.807, 2.05) is 0 Å². The Labute approximate surface area is 115 Å². The highest BCUT2D eigenvalue weighted by Gasteiger charge is 2.22. The van der Waals surface area contributed by atoms with Crippen LogP contribution in [0.3, 0.4) is 0 Å². The van der Waals surface area contributed by atoms with Crippen molar-refractivity contribution in [2.24, 2.45) is 0 Å². The largest absolute Gasteiger partial charge is 0.394 e. The van der Waals surface area contributed by atoms with Crippen LogP contribution in [-0.4, -0.2) is 42.8 Å². The van der Waals surface area contributed by atoms with E-state index in [0.717, 1.165) is 42.6 Å². The molecule has 1 aromatic carbocycles. The lowest BCUT2D eigenvalue weighted by Crippen LogP contribution is -2.34. The van der Waals surface area contributed by atoms with Crippen molar-refractivity contribution in [3.63, 3.8) is 0 Å². The van der Waals surface area contributed by atoms with E-state index in [0.29, 0.717) is 0 Å². The van der Waals surface area contributed by atoms with Crippen molar-refractivity contribution < 1.29 is 9.50 Å². The smallest absolute Gasteiger partial charge is 0.124 e. The van der Waals surface area contributed by atoms with Gasteiger partial charge in [-0.1, -0.05) is 22.0 Å². The van der Waals surface area contributed by atoms with Crippen LogP contribution in [0.15, 0.2) is 22.7 Å². The summed E-state index contributed by atoms with van der Waals surface area (Å²) in [6, 6.07) is 4.57. The Morgan fingerprint density at radius 2 is 2.22 bits per heavy atom. The molecule has 2 rings (SSSR count). The molecule has 0 radical (unpaired) electrons. The van der Waals surface area contributed by atoms with E-state index < -0.39 is 0 Å². The molecule has 1 fully saturated rings. The van der Waals surface area contributed by atoms with Gasteiger partial charge in [-0.3, -0.25) is 4.90 Å². The average molecular weight is 317 g/mol. The molecule has 0 bridgehead atoms. The van der Waals surface area contributed by atoms with E-state index in [-0.39, 0.29) is 18.5 Å². The molecule has 0 saturated carbocycles. The molecule has 1 aliphatic rings. The zero-order chi connectivity index (χ0) is 13.0. The second-order valence-corrected chi connectivity index (χ2v) is 5.36. The van der Waals surface area contributed by atoms with Crippen LogP contribution in [0.5, 0.6) is 0 Å². The van der Waals surface area contributed by atoms with Crippen molar-refractivity contribution in [3.05, 3.63) is 34.1 Å². The summed E-state index contributed by atoms with van der Waals surface area (Å²) in [5, 5.41) is 13.0. The summed E-state index contributed by atoms with van der Waals surface area (Å²) in [6.07, 6.45) is 1.06. The molecule has 1 saturated heterocycles. The van der Waals surface area contributed by atoms with Gasteiger partial charge < -0.3 is 10.4 Å². The van der Waals surface area contributed by atoms with Gasteiger partial charge in [0.1, 0.15) is 5.82 Å². The minimum atomic E-state index is -0.264. The summed E-state index contributed by atoms with van der Waals surface area (Å²) < 4.78 is 13.8. The molecule has 18 heavy (non-hydrogen) atoms. The zero-order valence-corrected chi connectivity index (χ0v) is 11.8. The van der Waals surface area contributed by atoms with E-state index in [2.05, 4.69) is 26.1 Å². The maximum absolute atomic E-state index is 13.1. The predicted octanol–water partition coefficient (Wildman–Crippen LogP) is 1.92. The Morgan fingerprint density at radius 3 is 2.94 bits per heavy atom. The number of aliphatic hydroxyl groups excluding tert-OH is 1. The monoisotopic (exact) mass is 316 g/mol. The van der Waals surface area contributed by atoms with Gasteiger partial charge in [0.25, 0.3) is 0 Å². The number of hydrogen-bond acceptors (Lipinski definition) is 3. The third-order valence-corrected chi connectivity index (χ3v) is 4.00. The molecule has 1 aromatic rings. The minimum absolute atomic E-state index is 0.0459. The molecule has 0 aromatic heterocycles. The zero-order valence-electron chi connectivity index (χ0n) is 10.2. The van der Waals surface area contributed by atoms with E-state index in [9.17, 15) is 9.50 Å². The quantitative estimate of drug-likeness (QED) is 0.894. The first-order valence-corrected chi connectivity index (χ1v) is 7.02. The van der Waals surface area contributed by atoms with Crippen LogP contribution in [-0.2, 0) is 0 Å². The van der Waals surface area contributed by atoms with Gasteiger partial charge in [0.05, 0.1) is 12.6 Å². The number of benzene rings is 1. The molecule has 0 aliphatic carbocycles. The van der Waals surface area contributed by atoms with Crippen LogP contribution in [0.25, 0.3) is 0 Å². The standard InChI is InChI=1S/C13H18BrFN2O/c14-12-8-10(15)2-3-11(12)13(9-18)17-6-1-4-16-5-7-17/h2-3,8,13,16,18H,1,4-7,9H2. The number of aliphatic hydroxyl groups is 1. The third-order valence-electron chi connectivity index (χ3n) is 3.31. The van der Waals surface area contributed by atoms with Gasteiger partial charge in [0.15, 0.2) is 0 Å². The highest BCUT2D eigenvalue weighted by Crippen LogP contribution is 2.28. The first-order valence-electron chi connectivity index (χ1n) is 6.23. The van der Waals surface area contributed by atoms with Gasteiger partial charge >= 0.3 is 0 Å². The molecule has 1 atom stereocenters. The van der Waals surface area contributed by atoms with Crippen molar-refractivity contribution >= 4 is 15.9 Å². The van der Waals surface area contributed by atoms with Crippen molar-refractivity contribution in [3.8, 4) is 0 Å². The van der Waals surface area contributed by atoms with Gasteiger partial charge in [0.2, 0.25) is 0 Å². The highest BCUT2D eigenvalue weighted by molar-refractivity contribution is 9.10. The average Bonchev–Trinajstić information content (AvgIpc) is 2.62. The fourth-order valence-electron chi connectivity index (χ4n) is 2.36. The fourth-order valence-corrected chi connectivity index (χ4v) is 2.98. The number of nitrogens with zero attached hydrogens (tertiary/aromatic N) is 1. The normalized spacial score (nSPS) is 19.5. The van der Waals surface area contributed by atoms with Crippen LogP contribution in [0.1, 0.15) is 18.0 Å². The first-order chi connectivity index (χ1) is 8.72. The summed E-state index contributed by atoms with van der Waals surface area (Å²) in [5.41, 5.74) is 0.945. The van der Waals surface area contributed by atoms with Gasteiger partial charge in [-0.2, -0.15) is 0 Å². The Bertz CT molecular complexity index is 395. The second-order valence-electron chi connectivity index (χ2n) is 4.50. The van der Waals surface area contributed by atoms with Gasteiger partial charge in [-0.05, 0) is 30.7 Å².